The van der Waals surface area contributed by atoms with Crippen molar-refractivity contribution < 1.29 is 14.6 Å². The van der Waals surface area contributed by atoms with Gasteiger partial charge in [0.15, 0.2) is 0 Å². The summed E-state index contributed by atoms with van der Waals surface area (Å²) in [6.07, 6.45) is 1.43. The van der Waals surface area contributed by atoms with Gasteiger partial charge in [-0.15, -0.1) is 0 Å². The SMILES string of the molecule is CC(=O)OC1CC(O)(c2cccc(Br)c2)c2ncccc21. The minimum atomic E-state index is -1.25. The summed E-state index contributed by atoms with van der Waals surface area (Å²) in [6, 6.07) is 11.1. The van der Waals surface area contributed by atoms with Gasteiger partial charge in [-0.1, -0.05) is 34.1 Å². The van der Waals surface area contributed by atoms with Crippen LogP contribution in [0, 0.1) is 0 Å². The summed E-state index contributed by atoms with van der Waals surface area (Å²) in [7, 11) is 0. The van der Waals surface area contributed by atoms with Crippen LogP contribution in [0.25, 0.3) is 0 Å². The van der Waals surface area contributed by atoms with Crippen LogP contribution in [0.4, 0.5) is 0 Å². The number of aliphatic hydroxyl groups is 1. The topological polar surface area (TPSA) is 59.4 Å². The first-order valence-corrected chi connectivity index (χ1v) is 7.41. The lowest BCUT2D eigenvalue weighted by Gasteiger charge is -2.24. The molecule has 2 aromatic rings. The standard InChI is InChI=1S/C16H14BrNO3/c1-10(19)21-14-9-16(20,11-4-2-5-12(17)8-11)15-13(14)6-3-7-18-15/h2-8,14,20H,9H2,1H3. The Morgan fingerprint density at radius 3 is 2.95 bits per heavy atom. The maximum absolute atomic E-state index is 11.3. The van der Waals surface area contributed by atoms with Gasteiger partial charge in [0.1, 0.15) is 11.7 Å². The fraction of sp³-hybridized carbons (Fsp3) is 0.250. The molecule has 1 N–H and O–H groups in total. The monoisotopic (exact) mass is 347 g/mol. The van der Waals surface area contributed by atoms with Gasteiger partial charge in [0.2, 0.25) is 0 Å². The van der Waals surface area contributed by atoms with Crippen LogP contribution in [0.15, 0.2) is 47.1 Å². The zero-order valence-corrected chi connectivity index (χ0v) is 13.0. The van der Waals surface area contributed by atoms with Gasteiger partial charge in [0.25, 0.3) is 0 Å². The van der Waals surface area contributed by atoms with Crippen LogP contribution in [0.5, 0.6) is 0 Å². The average molecular weight is 348 g/mol. The molecular weight excluding hydrogens is 334 g/mol. The van der Waals surface area contributed by atoms with Gasteiger partial charge in [-0.25, -0.2) is 0 Å². The summed E-state index contributed by atoms with van der Waals surface area (Å²) in [5.41, 5.74) is 0.788. The number of hydrogen-bond acceptors (Lipinski definition) is 4. The van der Waals surface area contributed by atoms with E-state index in [2.05, 4.69) is 20.9 Å². The molecule has 1 heterocycles. The Hall–Kier alpha value is -1.72. The average Bonchev–Trinajstić information content (AvgIpc) is 2.73. The van der Waals surface area contributed by atoms with E-state index in [0.717, 1.165) is 15.6 Å². The molecule has 0 bridgehead atoms. The Morgan fingerprint density at radius 2 is 2.24 bits per heavy atom. The number of nitrogens with zero attached hydrogens (tertiary/aromatic N) is 1. The number of rotatable bonds is 2. The second-order valence-corrected chi connectivity index (χ2v) is 6.03. The van der Waals surface area contributed by atoms with Crippen molar-refractivity contribution in [2.45, 2.75) is 25.0 Å². The van der Waals surface area contributed by atoms with Gasteiger partial charge in [-0.2, -0.15) is 0 Å². The molecule has 1 aromatic carbocycles. The number of benzene rings is 1. The highest BCUT2D eigenvalue weighted by Crippen LogP contribution is 2.47. The van der Waals surface area contributed by atoms with Crippen LogP contribution in [-0.4, -0.2) is 16.1 Å². The molecule has 5 heteroatoms. The zero-order valence-electron chi connectivity index (χ0n) is 11.4. The van der Waals surface area contributed by atoms with Gasteiger partial charge in [-0.05, 0) is 23.8 Å². The summed E-state index contributed by atoms with van der Waals surface area (Å²) in [5.74, 6) is -0.367. The Labute approximate surface area is 130 Å². The van der Waals surface area contributed by atoms with Crippen molar-refractivity contribution in [2.24, 2.45) is 0 Å². The van der Waals surface area contributed by atoms with Crippen molar-refractivity contribution in [3.63, 3.8) is 0 Å². The molecule has 0 spiro atoms. The van der Waals surface area contributed by atoms with Crippen LogP contribution in [0.2, 0.25) is 0 Å². The summed E-state index contributed by atoms with van der Waals surface area (Å²) in [5, 5.41) is 11.1. The predicted molar refractivity (Wildman–Crippen MR) is 80.5 cm³/mol. The van der Waals surface area contributed by atoms with Gasteiger partial charge >= 0.3 is 5.97 Å². The van der Waals surface area contributed by atoms with E-state index < -0.39 is 11.7 Å². The van der Waals surface area contributed by atoms with Crippen LogP contribution in [-0.2, 0) is 15.1 Å². The number of ether oxygens (including phenoxy) is 1. The molecule has 1 aliphatic rings. The molecule has 0 saturated heterocycles. The molecule has 0 saturated carbocycles. The molecule has 1 aromatic heterocycles. The Bertz CT molecular complexity index is 703. The summed E-state index contributed by atoms with van der Waals surface area (Å²) >= 11 is 3.41. The molecule has 4 nitrogen and oxygen atoms in total. The van der Waals surface area contributed by atoms with Gasteiger partial charge in [0, 0.05) is 29.6 Å². The van der Waals surface area contributed by atoms with Crippen molar-refractivity contribution in [3.8, 4) is 0 Å². The summed E-state index contributed by atoms with van der Waals surface area (Å²) in [6.45, 7) is 1.37. The summed E-state index contributed by atoms with van der Waals surface area (Å²) in [4.78, 5) is 15.6. The number of carbonyl (C=O) groups is 1. The van der Waals surface area contributed by atoms with Crippen molar-refractivity contribution in [1.29, 1.82) is 0 Å². The summed E-state index contributed by atoms with van der Waals surface area (Å²) < 4.78 is 6.21. The normalized spacial score (nSPS) is 23.7. The molecule has 108 valence electrons. The molecule has 1 aliphatic carbocycles. The second-order valence-electron chi connectivity index (χ2n) is 5.11. The van der Waals surface area contributed by atoms with E-state index >= 15 is 0 Å². The lowest BCUT2D eigenvalue weighted by atomic mass is 9.91. The van der Waals surface area contributed by atoms with Crippen LogP contribution in [0.1, 0.15) is 36.3 Å². The van der Waals surface area contributed by atoms with E-state index in [0.29, 0.717) is 5.69 Å². The Kier molecular flexibility index (Phi) is 3.55. The zero-order chi connectivity index (χ0) is 15.0. The van der Waals surface area contributed by atoms with Crippen LogP contribution < -0.4 is 0 Å². The number of aromatic nitrogens is 1. The Morgan fingerprint density at radius 1 is 1.43 bits per heavy atom. The quantitative estimate of drug-likeness (QED) is 0.848. The molecule has 0 radical (unpaired) electrons. The maximum atomic E-state index is 11.3. The number of halogens is 1. The fourth-order valence-corrected chi connectivity index (χ4v) is 3.20. The minimum Gasteiger partial charge on any atom is -0.457 e. The van der Waals surface area contributed by atoms with Crippen LogP contribution in [0.3, 0.4) is 0 Å². The van der Waals surface area contributed by atoms with E-state index in [9.17, 15) is 9.90 Å². The molecule has 2 atom stereocenters. The minimum absolute atomic E-state index is 0.273. The molecule has 21 heavy (non-hydrogen) atoms. The number of carbonyl (C=O) groups excluding carboxylic acids is 1. The van der Waals surface area contributed by atoms with Crippen molar-refractivity contribution in [3.05, 3.63) is 63.9 Å². The van der Waals surface area contributed by atoms with E-state index in [4.69, 9.17) is 4.74 Å². The maximum Gasteiger partial charge on any atom is 0.303 e. The molecular formula is C16H14BrNO3. The van der Waals surface area contributed by atoms with Crippen molar-refractivity contribution in [1.82, 2.24) is 4.98 Å². The molecule has 0 fully saturated rings. The van der Waals surface area contributed by atoms with E-state index in [-0.39, 0.29) is 12.4 Å². The number of fused-ring (bicyclic) bond motifs is 1. The predicted octanol–water partition coefficient (Wildman–Crippen LogP) is 3.09. The Balaban J connectivity index is 2.10. The third-order valence-electron chi connectivity index (χ3n) is 3.67. The lowest BCUT2D eigenvalue weighted by molar-refractivity contribution is -0.148. The van der Waals surface area contributed by atoms with E-state index in [1.165, 1.54) is 6.92 Å². The molecule has 2 unspecified atom stereocenters. The van der Waals surface area contributed by atoms with E-state index in [1.807, 2.05) is 30.3 Å². The van der Waals surface area contributed by atoms with Gasteiger partial charge < -0.3 is 9.84 Å². The fourth-order valence-electron chi connectivity index (χ4n) is 2.80. The smallest absolute Gasteiger partial charge is 0.303 e. The van der Waals surface area contributed by atoms with E-state index in [1.54, 1.807) is 12.3 Å². The second kappa shape index (κ2) is 5.24. The number of esters is 1. The van der Waals surface area contributed by atoms with Gasteiger partial charge in [-0.3, -0.25) is 9.78 Å². The van der Waals surface area contributed by atoms with Gasteiger partial charge in [0.05, 0.1) is 5.69 Å². The van der Waals surface area contributed by atoms with Crippen molar-refractivity contribution in [2.75, 3.05) is 0 Å². The number of hydrogen-bond donors (Lipinski definition) is 1. The van der Waals surface area contributed by atoms with Crippen molar-refractivity contribution >= 4 is 21.9 Å². The highest BCUT2D eigenvalue weighted by Gasteiger charge is 2.46. The first kappa shape index (κ1) is 14.2. The first-order chi connectivity index (χ1) is 10.0. The molecule has 0 amide bonds. The number of pyridine rings is 1. The van der Waals surface area contributed by atoms with Crippen LogP contribution >= 0.6 is 15.9 Å². The lowest BCUT2D eigenvalue weighted by Crippen LogP contribution is -2.25. The largest absolute Gasteiger partial charge is 0.457 e. The first-order valence-electron chi connectivity index (χ1n) is 6.62. The highest BCUT2D eigenvalue weighted by atomic mass is 79.9. The highest BCUT2D eigenvalue weighted by molar-refractivity contribution is 9.10. The third-order valence-corrected chi connectivity index (χ3v) is 4.16. The molecule has 3 rings (SSSR count). The molecule has 0 aliphatic heterocycles. The third kappa shape index (κ3) is 2.47.